The molecule has 82 valence electrons. The lowest BCUT2D eigenvalue weighted by molar-refractivity contribution is -0.150. The van der Waals surface area contributed by atoms with E-state index in [9.17, 15) is 18.7 Å². The fourth-order valence-electron chi connectivity index (χ4n) is 1.11. The van der Waals surface area contributed by atoms with Gasteiger partial charge in [0.1, 0.15) is 11.6 Å². The Labute approximate surface area is 85.3 Å². The number of hydrogen-bond acceptors (Lipinski definition) is 3. The predicted octanol–water partition coefficient (Wildman–Crippen LogP) is 1.04. The van der Waals surface area contributed by atoms with Crippen LogP contribution in [0.25, 0.3) is 0 Å². The second kappa shape index (κ2) is 4.84. The summed E-state index contributed by atoms with van der Waals surface area (Å²) < 4.78 is 29.9. The van der Waals surface area contributed by atoms with E-state index in [0.717, 1.165) is 13.2 Å². The van der Waals surface area contributed by atoms with E-state index in [-0.39, 0.29) is 12.0 Å². The Hall–Kier alpha value is -1.49. The number of ether oxygens (including phenoxy) is 1. The first-order chi connectivity index (χ1) is 7.04. The van der Waals surface area contributed by atoms with Crippen LogP contribution in [-0.4, -0.2) is 24.3 Å². The van der Waals surface area contributed by atoms with Crippen LogP contribution >= 0.6 is 0 Å². The summed E-state index contributed by atoms with van der Waals surface area (Å²) in [5, 5.41) is 9.23. The minimum Gasteiger partial charge on any atom is -0.467 e. The summed E-state index contributed by atoms with van der Waals surface area (Å²) in [6.45, 7) is 0. The Morgan fingerprint density at radius 1 is 1.53 bits per heavy atom. The smallest absolute Gasteiger partial charge is 0.335 e. The number of aliphatic hydroxyl groups excluding tert-OH is 1. The molecule has 1 atom stereocenters. The van der Waals surface area contributed by atoms with E-state index in [1.807, 2.05) is 0 Å². The van der Waals surface area contributed by atoms with Crippen LogP contribution in [0.4, 0.5) is 8.78 Å². The van der Waals surface area contributed by atoms with Crippen molar-refractivity contribution in [3.63, 3.8) is 0 Å². The Kier molecular flexibility index (Phi) is 3.74. The van der Waals surface area contributed by atoms with Gasteiger partial charge in [-0.1, -0.05) is 6.07 Å². The molecule has 0 saturated heterocycles. The lowest BCUT2D eigenvalue weighted by atomic mass is 10.1. The second-order valence-corrected chi connectivity index (χ2v) is 2.98. The highest BCUT2D eigenvalue weighted by atomic mass is 19.1. The molecule has 0 aliphatic rings. The van der Waals surface area contributed by atoms with Crippen molar-refractivity contribution in [2.75, 3.05) is 7.11 Å². The molecule has 0 heterocycles. The van der Waals surface area contributed by atoms with Crippen molar-refractivity contribution in [3.8, 4) is 0 Å². The van der Waals surface area contributed by atoms with Gasteiger partial charge in [-0.05, 0) is 11.6 Å². The molecule has 1 rings (SSSR count). The van der Waals surface area contributed by atoms with Gasteiger partial charge in [0.2, 0.25) is 0 Å². The quantitative estimate of drug-likeness (QED) is 0.768. The second-order valence-electron chi connectivity index (χ2n) is 2.98. The lowest BCUT2D eigenvalue weighted by Gasteiger charge is -2.08. The number of esters is 1. The van der Waals surface area contributed by atoms with E-state index in [4.69, 9.17) is 0 Å². The maximum atomic E-state index is 13.1. The predicted molar refractivity (Wildman–Crippen MR) is 48.1 cm³/mol. The van der Waals surface area contributed by atoms with E-state index in [1.54, 1.807) is 0 Å². The highest BCUT2D eigenvalue weighted by Gasteiger charge is 2.17. The molecule has 0 fully saturated rings. The standard InChI is InChI=1S/C10H10F2O3/c1-15-10(14)9(13)4-6-2-3-7(11)5-8(6)12/h2-3,5,9,13H,4H2,1H3. The van der Waals surface area contributed by atoms with Crippen LogP contribution in [0, 0.1) is 11.6 Å². The first kappa shape index (κ1) is 11.6. The fourth-order valence-corrected chi connectivity index (χ4v) is 1.11. The minimum absolute atomic E-state index is 0.0642. The van der Waals surface area contributed by atoms with Gasteiger partial charge >= 0.3 is 5.97 Å². The van der Waals surface area contributed by atoms with E-state index >= 15 is 0 Å². The molecule has 0 aromatic heterocycles. The summed E-state index contributed by atoms with van der Waals surface area (Å²) in [4.78, 5) is 10.8. The van der Waals surface area contributed by atoms with Crippen LogP contribution < -0.4 is 0 Å². The van der Waals surface area contributed by atoms with Gasteiger partial charge in [-0.25, -0.2) is 13.6 Å². The summed E-state index contributed by atoms with van der Waals surface area (Å²) >= 11 is 0. The van der Waals surface area contributed by atoms with Crippen molar-refractivity contribution < 1.29 is 23.4 Å². The van der Waals surface area contributed by atoms with Gasteiger partial charge in [0.05, 0.1) is 7.11 Å². The molecule has 5 heteroatoms. The van der Waals surface area contributed by atoms with Gasteiger partial charge < -0.3 is 9.84 Å². The van der Waals surface area contributed by atoms with Crippen molar-refractivity contribution >= 4 is 5.97 Å². The van der Waals surface area contributed by atoms with Gasteiger partial charge in [-0.15, -0.1) is 0 Å². The van der Waals surface area contributed by atoms with Crippen molar-refractivity contribution in [3.05, 3.63) is 35.4 Å². The number of hydrogen-bond donors (Lipinski definition) is 1. The zero-order valence-corrected chi connectivity index (χ0v) is 8.04. The largest absolute Gasteiger partial charge is 0.467 e. The number of carbonyl (C=O) groups excluding carboxylic acids is 1. The average Bonchev–Trinajstić information content (AvgIpc) is 2.20. The summed E-state index contributed by atoms with van der Waals surface area (Å²) in [6, 6.07) is 2.93. The molecule has 0 amide bonds. The normalized spacial score (nSPS) is 12.3. The van der Waals surface area contributed by atoms with Crippen molar-refractivity contribution in [1.82, 2.24) is 0 Å². The number of benzene rings is 1. The van der Waals surface area contributed by atoms with E-state index in [1.165, 1.54) is 6.07 Å². The monoisotopic (exact) mass is 216 g/mol. The molecule has 0 bridgehead atoms. The third-order valence-electron chi connectivity index (χ3n) is 1.90. The maximum Gasteiger partial charge on any atom is 0.335 e. The highest BCUT2D eigenvalue weighted by molar-refractivity contribution is 5.74. The van der Waals surface area contributed by atoms with Gasteiger partial charge in [0.15, 0.2) is 6.10 Å². The molecule has 1 unspecified atom stereocenters. The van der Waals surface area contributed by atoms with Crippen LogP contribution in [0.2, 0.25) is 0 Å². The van der Waals surface area contributed by atoms with E-state index in [2.05, 4.69) is 4.74 Å². The zero-order valence-electron chi connectivity index (χ0n) is 8.04. The Morgan fingerprint density at radius 3 is 2.73 bits per heavy atom. The maximum absolute atomic E-state index is 13.1. The Bertz CT molecular complexity index is 366. The molecule has 1 N–H and O–H groups in total. The summed E-state index contributed by atoms with van der Waals surface area (Å²) in [6.07, 6.45) is -1.67. The molecule has 0 aliphatic carbocycles. The van der Waals surface area contributed by atoms with Crippen molar-refractivity contribution in [2.45, 2.75) is 12.5 Å². The number of carbonyl (C=O) groups is 1. The third-order valence-corrected chi connectivity index (χ3v) is 1.90. The molecule has 3 nitrogen and oxygen atoms in total. The first-order valence-electron chi connectivity index (χ1n) is 4.24. The summed E-state index contributed by atoms with van der Waals surface area (Å²) in [5.41, 5.74) is 0.0642. The van der Waals surface area contributed by atoms with Crippen LogP contribution in [0.15, 0.2) is 18.2 Å². The van der Waals surface area contributed by atoms with E-state index < -0.39 is 23.7 Å². The topological polar surface area (TPSA) is 46.5 Å². The zero-order chi connectivity index (χ0) is 11.4. The molecular weight excluding hydrogens is 206 g/mol. The molecular formula is C10H10F2O3. The van der Waals surface area contributed by atoms with Crippen molar-refractivity contribution in [2.24, 2.45) is 0 Å². The van der Waals surface area contributed by atoms with E-state index in [0.29, 0.717) is 6.07 Å². The molecule has 0 saturated carbocycles. The Morgan fingerprint density at radius 2 is 2.20 bits per heavy atom. The first-order valence-corrected chi connectivity index (χ1v) is 4.24. The molecule has 1 aromatic carbocycles. The van der Waals surface area contributed by atoms with Crippen molar-refractivity contribution in [1.29, 1.82) is 0 Å². The molecule has 1 aromatic rings. The van der Waals surface area contributed by atoms with Crippen LogP contribution in [-0.2, 0) is 16.0 Å². The van der Waals surface area contributed by atoms with Gasteiger partial charge in [-0.2, -0.15) is 0 Å². The number of methoxy groups -OCH3 is 1. The molecule has 0 aliphatic heterocycles. The van der Waals surface area contributed by atoms with Gasteiger partial charge in [-0.3, -0.25) is 0 Å². The van der Waals surface area contributed by atoms with Crippen LogP contribution in [0.3, 0.4) is 0 Å². The molecule has 0 radical (unpaired) electrons. The molecule has 0 spiro atoms. The van der Waals surface area contributed by atoms with Gasteiger partial charge in [0.25, 0.3) is 0 Å². The Balaban J connectivity index is 2.76. The SMILES string of the molecule is COC(=O)C(O)Cc1ccc(F)cc1F. The summed E-state index contributed by atoms with van der Waals surface area (Å²) in [7, 11) is 1.12. The van der Waals surface area contributed by atoms with Gasteiger partial charge in [0, 0.05) is 12.5 Å². The number of halogens is 2. The van der Waals surface area contributed by atoms with Crippen LogP contribution in [0.5, 0.6) is 0 Å². The minimum atomic E-state index is -1.44. The summed E-state index contributed by atoms with van der Waals surface area (Å²) in [5.74, 6) is -2.35. The highest BCUT2D eigenvalue weighted by Crippen LogP contribution is 2.12. The number of rotatable bonds is 3. The lowest BCUT2D eigenvalue weighted by Crippen LogP contribution is -2.24. The third kappa shape index (κ3) is 2.99. The van der Waals surface area contributed by atoms with Crippen LogP contribution in [0.1, 0.15) is 5.56 Å². The molecule has 15 heavy (non-hydrogen) atoms. The number of aliphatic hydroxyl groups is 1. The fraction of sp³-hybridized carbons (Fsp3) is 0.300. The average molecular weight is 216 g/mol.